The van der Waals surface area contributed by atoms with Crippen molar-refractivity contribution < 1.29 is 19.1 Å². The van der Waals surface area contributed by atoms with E-state index in [4.69, 9.17) is 32.7 Å². The molecule has 0 atom stereocenters. The van der Waals surface area contributed by atoms with E-state index < -0.39 is 5.97 Å². The molecule has 0 saturated carbocycles. The van der Waals surface area contributed by atoms with Gasteiger partial charge in [0.15, 0.2) is 5.16 Å². The minimum absolute atomic E-state index is 0.128. The molecule has 2 aromatic heterocycles. The molecule has 170 valence electrons. The van der Waals surface area contributed by atoms with E-state index in [0.717, 1.165) is 5.82 Å². The molecule has 0 aliphatic rings. The quantitative estimate of drug-likeness (QED) is 0.237. The predicted molar refractivity (Wildman–Crippen MR) is 126 cm³/mol. The van der Waals surface area contributed by atoms with Crippen LogP contribution in [0.2, 0.25) is 10.0 Å². The lowest BCUT2D eigenvalue weighted by atomic mass is 10.3. The number of nitrogens with one attached hydrogen (secondary N) is 1. The van der Waals surface area contributed by atoms with Crippen molar-refractivity contribution >= 4 is 63.2 Å². The first-order chi connectivity index (χ1) is 15.4. The van der Waals surface area contributed by atoms with Gasteiger partial charge in [0.25, 0.3) is 0 Å². The van der Waals surface area contributed by atoms with Gasteiger partial charge in [0, 0.05) is 18.5 Å². The largest absolute Gasteiger partial charge is 0.492 e. The number of ether oxygens (including phenoxy) is 2. The molecule has 0 radical (unpaired) electrons. The number of nitrogens with zero attached hydrogens (tertiary/aromatic N) is 3. The molecule has 0 bridgehead atoms. The molecule has 3 aromatic rings. The molecule has 0 aliphatic heterocycles. The van der Waals surface area contributed by atoms with Crippen LogP contribution in [0.15, 0.2) is 34.8 Å². The Hall–Kier alpha value is -2.27. The molecule has 1 N–H and O–H groups in total. The van der Waals surface area contributed by atoms with Gasteiger partial charge in [-0.2, -0.15) is 0 Å². The second-order valence-corrected chi connectivity index (χ2v) is 9.18. The van der Waals surface area contributed by atoms with E-state index in [1.54, 1.807) is 29.6 Å². The SMILES string of the molecule is COC(=O)c1ccsc1NC(=O)CSc1nnc(CCCOc2ccc(Cl)cc2Cl)n1C. The van der Waals surface area contributed by atoms with Gasteiger partial charge < -0.3 is 19.4 Å². The Labute approximate surface area is 203 Å². The van der Waals surface area contributed by atoms with Crippen LogP contribution >= 0.6 is 46.3 Å². The minimum atomic E-state index is -0.491. The first-order valence-electron chi connectivity index (χ1n) is 9.43. The molecule has 2 heterocycles. The number of halogens is 2. The summed E-state index contributed by atoms with van der Waals surface area (Å²) in [5, 5.41) is 14.9. The van der Waals surface area contributed by atoms with Crippen LogP contribution in [0, 0.1) is 0 Å². The fourth-order valence-electron chi connectivity index (χ4n) is 2.66. The van der Waals surface area contributed by atoms with Crippen LogP contribution in [0.25, 0.3) is 0 Å². The van der Waals surface area contributed by atoms with Crippen molar-refractivity contribution in [2.24, 2.45) is 7.05 Å². The van der Waals surface area contributed by atoms with E-state index in [9.17, 15) is 9.59 Å². The fourth-order valence-corrected chi connectivity index (χ4v) is 4.65. The van der Waals surface area contributed by atoms with E-state index in [2.05, 4.69) is 15.5 Å². The summed E-state index contributed by atoms with van der Waals surface area (Å²) in [5.41, 5.74) is 0.332. The molecule has 8 nitrogen and oxygen atoms in total. The third-order valence-electron chi connectivity index (χ3n) is 4.28. The normalized spacial score (nSPS) is 10.8. The lowest BCUT2D eigenvalue weighted by Gasteiger charge is -2.08. The van der Waals surface area contributed by atoms with E-state index in [1.807, 2.05) is 11.6 Å². The molecule has 3 rings (SSSR count). The summed E-state index contributed by atoms with van der Waals surface area (Å²) in [4.78, 5) is 24.0. The molecule has 0 fully saturated rings. The lowest BCUT2D eigenvalue weighted by Crippen LogP contribution is -2.16. The standard InChI is InChI=1S/C20H20Cl2N4O4S2/c1-26-16(4-3-8-30-15-6-5-12(21)10-14(15)22)24-25-20(26)32-11-17(27)23-18-13(7-9-31-18)19(28)29-2/h5-7,9-10H,3-4,8,11H2,1-2H3,(H,23,27). The van der Waals surface area contributed by atoms with Crippen molar-refractivity contribution in [1.82, 2.24) is 14.8 Å². The number of carbonyl (C=O) groups excluding carboxylic acids is 2. The maximum atomic E-state index is 12.3. The maximum Gasteiger partial charge on any atom is 0.340 e. The minimum Gasteiger partial charge on any atom is -0.492 e. The van der Waals surface area contributed by atoms with Crippen LogP contribution in [0.1, 0.15) is 22.6 Å². The Morgan fingerprint density at radius 3 is 2.81 bits per heavy atom. The van der Waals surface area contributed by atoms with Gasteiger partial charge >= 0.3 is 5.97 Å². The first-order valence-corrected chi connectivity index (χ1v) is 12.1. The van der Waals surface area contributed by atoms with Crippen LogP contribution < -0.4 is 10.1 Å². The molecule has 0 unspecified atom stereocenters. The number of rotatable bonds is 10. The Morgan fingerprint density at radius 1 is 1.25 bits per heavy atom. The number of methoxy groups -OCH3 is 1. The van der Waals surface area contributed by atoms with Crippen molar-refractivity contribution in [2.45, 2.75) is 18.0 Å². The molecule has 0 aliphatic carbocycles. The van der Waals surface area contributed by atoms with Gasteiger partial charge in [-0.1, -0.05) is 35.0 Å². The number of anilines is 1. The van der Waals surface area contributed by atoms with Crippen LogP contribution in [-0.2, 0) is 23.0 Å². The molecule has 1 amide bonds. The highest BCUT2D eigenvalue weighted by molar-refractivity contribution is 7.99. The van der Waals surface area contributed by atoms with Gasteiger partial charge in [0.1, 0.15) is 16.6 Å². The van der Waals surface area contributed by atoms with Crippen LogP contribution in [-0.4, -0.2) is 46.1 Å². The molecule has 32 heavy (non-hydrogen) atoms. The Morgan fingerprint density at radius 2 is 2.06 bits per heavy atom. The first kappa shape index (κ1) is 24.4. The second-order valence-electron chi connectivity index (χ2n) is 6.48. The van der Waals surface area contributed by atoms with E-state index in [1.165, 1.54) is 30.2 Å². The van der Waals surface area contributed by atoms with Crippen molar-refractivity contribution in [3.8, 4) is 5.75 Å². The highest BCUT2D eigenvalue weighted by atomic mass is 35.5. The Kier molecular flexibility index (Phi) is 8.80. The van der Waals surface area contributed by atoms with Crippen molar-refractivity contribution in [2.75, 3.05) is 24.8 Å². The third-order valence-corrected chi connectivity index (χ3v) is 6.66. The van der Waals surface area contributed by atoms with E-state index in [-0.39, 0.29) is 11.7 Å². The van der Waals surface area contributed by atoms with Gasteiger partial charge in [-0.05, 0) is 36.1 Å². The summed E-state index contributed by atoms with van der Waals surface area (Å²) in [6.45, 7) is 0.461. The number of carbonyl (C=O) groups is 2. The average molecular weight is 515 g/mol. The van der Waals surface area contributed by atoms with Gasteiger partial charge in [-0.3, -0.25) is 4.79 Å². The highest BCUT2D eigenvalue weighted by Gasteiger charge is 2.17. The zero-order chi connectivity index (χ0) is 23.1. The van der Waals surface area contributed by atoms with Crippen molar-refractivity contribution in [3.63, 3.8) is 0 Å². The number of aromatic nitrogens is 3. The topological polar surface area (TPSA) is 95.3 Å². The number of thioether (sulfide) groups is 1. The highest BCUT2D eigenvalue weighted by Crippen LogP contribution is 2.28. The predicted octanol–water partition coefficient (Wildman–Crippen LogP) is 4.71. The number of amides is 1. The van der Waals surface area contributed by atoms with Crippen LogP contribution in [0.4, 0.5) is 5.00 Å². The summed E-state index contributed by atoms with van der Waals surface area (Å²) in [6, 6.07) is 6.70. The number of thiophene rings is 1. The zero-order valence-electron chi connectivity index (χ0n) is 17.3. The summed E-state index contributed by atoms with van der Waals surface area (Å²) >= 11 is 14.5. The monoisotopic (exact) mass is 514 g/mol. The Balaban J connectivity index is 1.46. The molecule has 0 spiro atoms. The molecule has 1 aromatic carbocycles. The van der Waals surface area contributed by atoms with Crippen molar-refractivity contribution in [3.05, 3.63) is 51.1 Å². The number of benzene rings is 1. The zero-order valence-corrected chi connectivity index (χ0v) is 20.4. The Bertz CT molecular complexity index is 1100. The molecule has 12 heteroatoms. The molecular weight excluding hydrogens is 495 g/mol. The number of aryl methyl sites for hydroxylation is 1. The van der Waals surface area contributed by atoms with Gasteiger partial charge in [0.05, 0.1) is 30.1 Å². The van der Waals surface area contributed by atoms with E-state index >= 15 is 0 Å². The lowest BCUT2D eigenvalue weighted by molar-refractivity contribution is -0.113. The third kappa shape index (κ3) is 6.38. The van der Waals surface area contributed by atoms with Gasteiger partial charge in [-0.25, -0.2) is 4.79 Å². The summed E-state index contributed by atoms with van der Waals surface area (Å²) in [6.07, 6.45) is 1.36. The van der Waals surface area contributed by atoms with Gasteiger partial charge in [0.2, 0.25) is 5.91 Å². The summed E-state index contributed by atoms with van der Waals surface area (Å²) in [5.74, 6) is 0.750. The number of hydrogen-bond donors (Lipinski definition) is 1. The smallest absolute Gasteiger partial charge is 0.340 e. The van der Waals surface area contributed by atoms with Crippen LogP contribution in [0.5, 0.6) is 5.75 Å². The van der Waals surface area contributed by atoms with E-state index in [0.29, 0.717) is 51.0 Å². The maximum absolute atomic E-state index is 12.3. The fraction of sp³-hybridized carbons (Fsp3) is 0.300. The molecular formula is C20H20Cl2N4O4S2. The number of hydrogen-bond acceptors (Lipinski definition) is 8. The van der Waals surface area contributed by atoms with Crippen molar-refractivity contribution in [1.29, 1.82) is 0 Å². The number of esters is 1. The summed E-state index contributed by atoms with van der Waals surface area (Å²) < 4.78 is 12.2. The second kappa shape index (κ2) is 11.6. The molecule has 0 saturated heterocycles. The van der Waals surface area contributed by atoms with Gasteiger partial charge in [-0.15, -0.1) is 21.5 Å². The van der Waals surface area contributed by atoms with Crippen LogP contribution in [0.3, 0.4) is 0 Å². The summed E-state index contributed by atoms with van der Waals surface area (Å²) in [7, 11) is 3.15. The average Bonchev–Trinajstić information content (AvgIpc) is 3.37.